The Morgan fingerprint density at radius 1 is 1.24 bits per heavy atom. The van der Waals surface area contributed by atoms with E-state index < -0.39 is 5.41 Å². The third-order valence-corrected chi connectivity index (χ3v) is 3.78. The van der Waals surface area contributed by atoms with Gasteiger partial charge < -0.3 is 0 Å². The van der Waals surface area contributed by atoms with Crippen molar-refractivity contribution in [2.24, 2.45) is 0 Å². The first-order valence-corrected chi connectivity index (χ1v) is 5.98. The van der Waals surface area contributed by atoms with Gasteiger partial charge in [-0.15, -0.1) is 0 Å². The first-order chi connectivity index (χ1) is 8.12. The second-order valence-corrected chi connectivity index (χ2v) is 4.56. The van der Waals surface area contributed by atoms with Crippen LogP contribution in [-0.4, -0.2) is 23.8 Å². The zero-order chi connectivity index (χ0) is 12.5. The van der Waals surface area contributed by atoms with Gasteiger partial charge >= 0.3 is 0 Å². The maximum atomic E-state index is 12.4. The predicted octanol–water partition coefficient (Wildman–Crippen LogP) is 2.11. The summed E-state index contributed by atoms with van der Waals surface area (Å²) in [6.07, 6.45) is 1.80. The molecule has 0 radical (unpaired) electrons. The molecule has 1 fully saturated rings. The second kappa shape index (κ2) is 4.32. The Balaban J connectivity index is 2.45. The zero-order valence-corrected chi connectivity index (χ0v) is 10.3. The maximum Gasteiger partial charge on any atom is 0.239 e. The van der Waals surface area contributed by atoms with Crippen LogP contribution in [0.3, 0.4) is 0 Å². The van der Waals surface area contributed by atoms with Crippen LogP contribution in [0, 0.1) is 0 Å². The fourth-order valence-electron chi connectivity index (χ4n) is 2.59. The molecule has 0 spiro atoms. The number of hydrogen-bond acceptors (Lipinski definition) is 2. The van der Waals surface area contributed by atoms with Crippen molar-refractivity contribution in [1.29, 1.82) is 0 Å². The van der Waals surface area contributed by atoms with Gasteiger partial charge in [-0.05, 0) is 18.4 Å². The van der Waals surface area contributed by atoms with Gasteiger partial charge in [0, 0.05) is 13.5 Å². The number of piperidine rings is 1. The molecular weight excluding hydrogens is 214 g/mol. The Hall–Kier alpha value is -1.64. The Bertz CT molecular complexity index is 441. The summed E-state index contributed by atoms with van der Waals surface area (Å²) in [5, 5.41) is 0. The van der Waals surface area contributed by atoms with E-state index in [4.69, 9.17) is 0 Å². The molecule has 1 unspecified atom stereocenters. The van der Waals surface area contributed by atoms with Crippen molar-refractivity contribution in [2.75, 3.05) is 7.05 Å². The van der Waals surface area contributed by atoms with E-state index in [1.807, 2.05) is 37.3 Å². The van der Waals surface area contributed by atoms with Crippen LogP contribution in [0.2, 0.25) is 0 Å². The molecular formula is C14H17NO2. The third kappa shape index (κ3) is 1.75. The van der Waals surface area contributed by atoms with Crippen molar-refractivity contribution in [3.05, 3.63) is 35.9 Å². The SMILES string of the molecule is CCC1(c2ccccc2)CCC(=O)N(C)C1=O. The summed E-state index contributed by atoms with van der Waals surface area (Å²) >= 11 is 0. The standard InChI is InChI=1S/C14H17NO2/c1-3-14(11-7-5-4-6-8-11)10-9-12(16)15(2)13(14)17/h4-8H,3,9-10H2,1-2H3. The Labute approximate surface area is 101 Å². The van der Waals surface area contributed by atoms with Crippen molar-refractivity contribution in [3.63, 3.8) is 0 Å². The number of likely N-dealkylation sites (tertiary alicyclic amines) is 1. The summed E-state index contributed by atoms with van der Waals surface area (Å²) in [7, 11) is 1.58. The Morgan fingerprint density at radius 2 is 1.88 bits per heavy atom. The van der Waals surface area contributed by atoms with Crippen molar-refractivity contribution >= 4 is 11.8 Å². The van der Waals surface area contributed by atoms with Gasteiger partial charge in [-0.2, -0.15) is 0 Å². The minimum atomic E-state index is -0.510. The Kier molecular flexibility index (Phi) is 3.01. The smallest absolute Gasteiger partial charge is 0.239 e. The number of amides is 2. The molecule has 3 nitrogen and oxygen atoms in total. The van der Waals surface area contributed by atoms with Crippen molar-refractivity contribution < 1.29 is 9.59 Å². The lowest BCUT2D eigenvalue weighted by Gasteiger charge is -2.39. The predicted molar refractivity (Wildman–Crippen MR) is 65.4 cm³/mol. The van der Waals surface area contributed by atoms with E-state index in [0.717, 1.165) is 12.0 Å². The number of hydrogen-bond donors (Lipinski definition) is 0. The van der Waals surface area contributed by atoms with Gasteiger partial charge in [-0.25, -0.2) is 0 Å². The summed E-state index contributed by atoms with van der Waals surface area (Å²) < 4.78 is 0. The van der Waals surface area contributed by atoms with Gasteiger partial charge in [0.1, 0.15) is 0 Å². The molecule has 17 heavy (non-hydrogen) atoms. The van der Waals surface area contributed by atoms with E-state index in [1.54, 1.807) is 7.05 Å². The van der Waals surface area contributed by atoms with Gasteiger partial charge in [-0.3, -0.25) is 14.5 Å². The summed E-state index contributed by atoms with van der Waals surface area (Å²) in [5.74, 6) is -0.141. The van der Waals surface area contributed by atoms with E-state index in [-0.39, 0.29) is 11.8 Å². The van der Waals surface area contributed by atoms with Crippen LogP contribution in [0.1, 0.15) is 31.7 Å². The van der Waals surface area contributed by atoms with E-state index in [9.17, 15) is 9.59 Å². The van der Waals surface area contributed by atoms with Crippen molar-refractivity contribution in [1.82, 2.24) is 4.90 Å². The molecule has 0 bridgehead atoms. The highest BCUT2D eigenvalue weighted by Crippen LogP contribution is 2.37. The van der Waals surface area contributed by atoms with Crippen LogP contribution in [0.15, 0.2) is 30.3 Å². The topological polar surface area (TPSA) is 37.4 Å². The first-order valence-electron chi connectivity index (χ1n) is 5.98. The fraction of sp³-hybridized carbons (Fsp3) is 0.429. The number of carbonyl (C=O) groups excluding carboxylic acids is 2. The molecule has 3 heteroatoms. The van der Waals surface area contributed by atoms with Crippen LogP contribution < -0.4 is 0 Å². The largest absolute Gasteiger partial charge is 0.285 e. The Morgan fingerprint density at radius 3 is 2.47 bits per heavy atom. The van der Waals surface area contributed by atoms with Crippen molar-refractivity contribution in [2.45, 2.75) is 31.6 Å². The van der Waals surface area contributed by atoms with Gasteiger partial charge in [0.25, 0.3) is 0 Å². The van der Waals surface area contributed by atoms with Gasteiger partial charge in [0.05, 0.1) is 5.41 Å². The van der Waals surface area contributed by atoms with Crippen LogP contribution in [0.5, 0.6) is 0 Å². The third-order valence-electron chi connectivity index (χ3n) is 3.78. The average molecular weight is 231 g/mol. The lowest BCUT2D eigenvalue weighted by Crippen LogP contribution is -2.51. The average Bonchev–Trinajstić information content (AvgIpc) is 2.38. The van der Waals surface area contributed by atoms with Crippen LogP contribution in [0.4, 0.5) is 0 Å². The molecule has 0 aromatic heterocycles. The molecule has 1 saturated heterocycles. The molecule has 1 aromatic rings. The van der Waals surface area contributed by atoms with Gasteiger partial charge in [-0.1, -0.05) is 37.3 Å². The maximum absolute atomic E-state index is 12.4. The first kappa shape index (κ1) is 11.8. The molecule has 1 aliphatic rings. The van der Waals surface area contributed by atoms with E-state index in [0.29, 0.717) is 12.8 Å². The number of likely N-dealkylation sites (N-methyl/N-ethyl adjacent to an activating group) is 1. The molecule has 1 atom stereocenters. The minimum absolute atomic E-state index is 0.0672. The number of carbonyl (C=O) groups is 2. The highest BCUT2D eigenvalue weighted by molar-refractivity contribution is 6.03. The quantitative estimate of drug-likeness (QED) is 0.731. The number of imide groups is 1. The molecule has 0 aliphatic carbocycles. The highest BCUT2D eigenvalue weighted by atomic mass is 16.2. The molecule has 2 amide bonds. The number of nitrogens with zero attached hydrogens (tertiary/aromatic N) is 1. The number of rotatable bonds is 2. The normalized spacial score (nSPS) is 25.2. The zero-order valence-electron chi connectivity index (χ0n) is 10.3. The molecule has 90 valence electrons. The van der Waals surface area contributed by atoms with Crippen LogP contribution in [0.25, 0.3) is 0 Å². The molecule has 0 saturated carbocycles. The van der Waals surface area contributed by atoms with E-state index in [1.165, 1.54) is 4.90 Å². The monoisotopic (exact) mass is 231 g/mol. The van der Waals surface area contributed by atoms with Crippen molar-refractivity contribution in [3.8, 4) is 0 Å². The summed E-state index contributed by atoms with van der Waals surface area (Å²) in [4.78, 5) is 25.2. The fourth-order valence-corrected chi connectivity index (χ4v) is 2.59. The summed E-state index contributed by atoms with van der Waals surface area (Å²) in [6, 6.07) is 9.78. The molecule has 0 N–H and O–H groups in total. The highest BCUT2D eigenvalue weighted by Gasteiger charge is 2.45. The number of benzene rings is 1. The molecule has 1 aromatic carbocycles. The second-order valence-electron chi connectivity index (χ2n) is 4.56. The van der Waals surface area contributed by atoms with Gasteiger partial charge in [0.2, 0.25) is 11.8 Å². The van der Waals surface area contributed by atoms with E-state index in [2.05, 4.69) is 0 Å². The molecule has 1 heterocycles. The summed E-state index contributed by atoms with van der Waals surface area (Å²) in [5.41, 5.74) is 0.510. The van der Waals surface area contributed by atoms with Crippen LogP contribution >= 0.6 is 0 Å². The molecule has 2 rings (SSSR count). The summed E-state index contributed by atoms with van der Waals surface area (Å²) in [6.45, 7) is 2.01. The molecule has 1 aliphatic heterocycles. The van der Waals surface area contributed by atoms with E-state index >= 15 is 0 Å². The lowest BCUT2D eigenvalue weighted by atomic mass is 9.71. The van der Waals surface area contributed by atoms with Crippen LogP contribution in [-0.2, 0) is 15.0 Å². The minimum Gasteiger partial charge on any atom is -0.285 e. The van der Waals surface area contributed by atoms with Gasteiger partial charge in [0.15, 0.2) is 0 Å². The lowest BCUT2D eigenvalue weighted by molar-refractivity contribution is -0.151.